The summed E-state index contributed by atoms with van der Waals surface area (Å²) in [6, 6.07) is 5.36. The van der Waals surface area contributed by atoms with Crippen molar-refractivity contribution in [3.8, 4) is 17.2 Å². The lowest BCUT2D eigenvalue weighted by Gasteiger charge is -2.20. The number of benzene rings is 1. The van der Waals surface area contributed by atoms with Crippen molar-refractivity contribution in [3.05, 3.63) is 34.2 Å². The molecule has 0 unspecified atom stereocenters. The summed E-state index contributed by atoms with van der Waals surface area (Å²) in [7, 11) is 3.14. The minimum absolute atomic E-state index is 0.0931. The van der Waals surface area contributed by atoms with Crippen LogP contribution in [0.2, 0.25) is 0 Å². The highest BCUT2D eigenvalue weighted by molar-refractivity contribution is 8.00. The molecule has 2 aliphatic rings. The van der Waals surface area contributed by atoms with Gasteiger partial charge >= 0.3 is 0 Å². The molecule has 166 valence electrons. The second-order valence-corrected chi connectivity index (χ2v) is 9.58. The number of ether oxygens (including phenoxy) is 2. The number of thioether (sulfide) groups is 2. The molecule has 7 nitrogen and oxygen atoms in total. The number of amides is 1. The molecule has 0 aliphatic carbocycles. The smallest absolute Gasteiger partial charge is 0.272 e. The van der Waals surface area contributed by atoms with Gasteiger partial charge in [0, 0.05) is 31.3 Å². The van der Waals surface area contributed by atoms with Gasteiger partial charge < -0.3 is 14.4 Å². The van der Waals surface area contributed by atoms with Crippen LogP contribution in [0.3, 0.4) is 0 Å². The predicted molar refractivity (Wildman–Crippen MR) is 123 cm³/mol. The van der Waals surface area contributed by atoms with Gasteiger partial charge in [0.25, 0.3) is 5.56 Å². The predicted octanol–water partition coefficient (Wildman–Crippen LogP) is 3.39. The molecule has 2 aromatic rings. The van der Waals surface area contributed by atoms with Gasteiger partial charge in [-0.1, -0.05) is 24.6 Å². The van der Waals surface area contributed by atoms with E-state index < -0.39 is 0 Å². The lowest BCUT2D eigenvalue weighted by Crippen LogP contribution is -2.33. The molecular weight excluding hydrogens is 434 g/mol. The van der Waals surface area contributed by atoms with Gasteiger partial charge in [0.15, 0.2) is 16.7 Å². The van der Waals surface area contributed by atoms with Crippen molar-refractivity contribution in [3.63, 3.8) is 0 Å². The quantitative estimate of drug-likeness (QED) is 0.482. The van der Waals surface area contributed by atoms with E-state index in [1.54, 1.807) is 42.7 Å². The zero-order chi connectivity index (χ0) is 21.8. The molecule has 1 amide bonds. The van der Waals surface area contributed by atoms with E-state index in [0.29, 0.717) is 27.2 Å². The summed E-state index contributed by atoms with van der Waals surface area (Å²) in [6.07, 6.45) is 5.25. The molecule has 31 heavy (non-hydrogen) atoms. The molecule has 1 saturated heterocycles. The second kappa shape index (κ2) is 9.99. The summed E-state index contributed by atoms with van der Waals surface area (Å²) in [5.74, 6) is 2.36. The van der Waals surface area contributed by atoms with Gasteiger partial charge in [0.05, 0.1) is 36.2 Å². The van der Waals surface area contributed by atoms with Crippen molar-refractivity contribution in [1.82, 2.24) is 14.5 Å². The molecule has 2 aliphatic heterocycles. The molecule has 1 fully saturated rings. The van der Waals surface area contributed by atoms with Gasteiger partial charge in [-0.25, -0.2) is 4.98 Å². The highest BCUT2D eigenvalue weighted by Gasteiger charge is 2.24. The average molecular weight is 462 g/mol. The third kappa shape index (κ3) is 4.72. The molecule has 1 aromatic carbocycles. The normalized spacial score (nSPS) is 16.0. The molecule has 9 heteroatoms. The Labute approximate surface area is 190 Å². The number of aromatic nitrogens is 2. The van der Waals surface area contributed by atoms with Crippen LogP contribution in [0.1, 0.15) is 31.4 Å². The molecule has 0 saturated carbocycles. The molecule has 0 bridgehead atoms. The van der Waals surface area contributed by atoms with Gasteiger partial charge in [0.2, 0.25) is 5.91 Å². The lowest BCUT2D eigenvalue weighted by molar-refractivity contribution is -0.128. The van der Waals surface area contributed by atoms with E-state index in [1.165, 1.54) is 24.6 Å². The largest absolute Gasteiger partial charge is 0.493 e. The number of fused-ring (bicyclic) bond motifs is 1. The fourth-order valence-corrected chi connectivity index (χ4v) is 5.87. The van der Waals surface area contributed by atoms with E-state index in [9.17, 15) is 9.59 Å². The van der Waals surface area contributed by atoms with Crippen molar-refractivity contribution in [1.29, 1.82) is 0 Å². The maximum atomic E-state index is 13.3. The Morgan fingerprint density at radius 1 is 1.13 bits per heavy atom. The minimum Gasteiger partial charge on any atom is -0.493 e. The van der Waals surface area contributed by atoms with E-state index in [2.05, 4.69) is 0 Å². The number of methoxy groups -OCH3 is 2. The Balaban J connectivity index is 1.67. The maximum absolute atomic E-state index is 13.3. The monoisotopic (exact) mass is 461 g/mol. The molecule has 4 rings (SSSR count). The number of aryl methyl sites for hydroxylation is 1. The van der Waals surface area contributed by atoms with Crippen molar-refractivity contribution in [2.24, 2.45) is 0 Å². The topological polar surface area (TPSA) is 73.7 Å². The van der Waals surface area contributed by atoms with Crippen LogP contribution in [0.25, 0.3) is 5.69 Å². The highest BCUT2D eigenvalue weighted by atomic mass is 32.2. The Morgan fingerprint density at radius 2 is 1.87 bits per heavy atom. The van der Waals surface area contributed by atoms with Crippen LogP contribution in [0, 0.1) is 0 Å². The van der Waals surface area contributed by atoms with E-state index >= 15 is 0 Å². The van der Waals surface area contributed by atoms with Crippen LogP contribution in [0.4, 0.5) is 0 Å². The molecule has 3 heterocycles. The highest BCUT2D eigenvalue weighted by Crippen LogP contribution is 2.33. The first-order chi connectivity index (χ1) is 15.1. The van der Waals surface area contributed by atoms with Crippen LogP contribution in [-0.2, 0) is 11.2 Å². The first-order valence-corrected chi connectivity index (χ1v) is 12.5. The van der Waals surface area contributed by atoms with Gasteiger partial charge in [-0.3, -0.25) is 14.2 Å². The van der Waals surface area contributed by atoms with Crippen molar-refractivity contribution >= 4 is 29.4 Å². The Hall–Kier alpha value is -2.13. The fraction of sp³-hybridized carbons (Fsp3) is 0.500. The average Bonchev–Trinajstić information content (AvgIpc) is 3.10. The van der Waals surface area contributed by atoms with E-state index in [4.69, 9.17) is 14.5 Å². The summed E-state index contributed by atoms with van der Waals surface area (Å²) in [5, 5.41) is 0.543. The SMILES string of the molecule is COc1ccc(-n2c(SCC(=O)N3CCCCCC3)nc3c(c2=O)SCC3)cc1OC. The number of carbonyl (C=O) groups is 1. The Kier molecular flexibility index (Phi) is 7.12. The molecule has 1 aromatic heterocycles. The summed E-state index contributed by atoms with van der Waals surface area (Å²) < 4.78 is 12.4. The van der Waals surface area contributed by atoms with E-state index in [0.717, 1.165) is 43.8 Å². The van der Waals surface area contributed by atoms with Crippen LogP contribution >= 0.6 is 23.5 Å². The van der Waals surface area contributed by atoms with Crippen molar-refractivity contribution in [2.45, 2.75) is 42.2 Å². The van der Waals surface area contributed by atoms with Crippen molar-refractivity contribution in [2.75, 3.05) is 38.8 Å². The number of carbonyl (C=O) groups excluding carboxylic acids is 1. The third-order valence-electron chi connectivity index (χ3n) is 5.58. The van der Waals surface area contributed by atoms with Gasteiger partial charge in [-0.15, -0.1) is 11.8 Å². The number of nitrogens with zero attached hydrogens (tertiary/aromatic N) is 3. The summed E-state index contributed by atoms with van der Waals surface area (Å²) in [5.41, 5.74) is 1.39. The minimum atomic E-state index is -0.0931. The Bertz CT molecular complexity index is 1020. The second-order valence-electron chi connectivity index (χ2n) is 7.53. The molecule has 0 spiro atoms. The summed E-state index contributed by atoms with van der Waals surface area (Å²) in [4.78, 5) is 33.6. The van der Waals surface area contributed by atoms with Crippen LogP contribution in [0.15, 0.2) is 33.0 Å². The summed E-state index contributed by atoms with van der Waals surface area (Å²) in [6.45, 7) is 1.63. The molecule has 0 atom stereocenters. The number of hydrogen-bond acceptors (Lipinski definition) is 7. The van der Waals surface area contributed by atoms with Gasteiger partial charge in [-0.2, -0.15) is 0 Å². The van der Waals surface area contributed by atoms with Crippen LogP contribution in [0.5, 0.6) is 11.5 Å². The zero-order valence-electron chi connectivity index (χ0n) is 17.9. The molecule has 0 N–H and O–H groups in total. The first kappa shape index (κ1) is 22.1. The van der Waals surface area contributed by atoms with Crippen molar-refractivity contribution < 1.29 is 14.3 Å². The maximum Gasteiger partial charge on any atom is 0.272 e. The number of likely N-dealkylation sites (tertiary alicyclic amines) is 1. The van der Waals surface area contributed by atoms with Gasteiger partial charge in [-0.05, 0) is 25.0 Å². The Morgan fingerprint density at radius 3 is 2.58 bits per heavy atom. The summed E-state index contributed by atoms with van der Waals surface area (Å²) >= 11 is 2.88. The first-order valence-electron chi connectivity index (χ1n) is 10.5. The van der Waals surface area contributed by atoms with Gasteiger partial charge in [0.1, 0.15) is 0 Å². The third-order valence-corrected chi connectivity index (χ3v) is 7.61. The zero-order valence-corrected chi connectivity index (χ0v) is 19.5. The standard InChI is InChI=1S/C22H27N3O4S2/c1-28-17-8-7-15(13-18(17)29-2)25-21(27)20-16(9-12-30-20)23-22(25)31-14-19(26)24-10-5-3-4-6-11-24/h7-8,13H,3-6,9-12,14H2,1-2H3. The number of hydrogen-bond donors (Lipinski definition) is 0. The van der Waals surface area contributed by atoms with E-state index in [-0.39, 0.29) is 17.2 Å². The fourth-order valence-electron chi connectivity index (χ4n) is 3.92. The van der Waals surface area contributed by atoms with Crippen LogP contribution in [-0.4, -0.2) is 59.2 Å². The van der Waals surface area contributed by atoms with E-state index in [1.807, 2.05) is 11.0 Å². The van der Waals surface area contributed by atoms with Crippen LogP contribution < -0.4 is 15.0 Å². The molecule has 0 radical (unpaired) electrons. The number of rotatable bonds is 6. The molecular formula is C22H27N3O4S2. The lowest BCUT2D eigenvalue weighted by atomic mass is 10.2.